The summed E-state index contributed by atoms with van der Waals surface area (Å²) in [6.07, 6.45) is 0.885. The molecular formula is C27H25FN2O3. The molecule has 0 aliphatic carbocycles. The highest BCUT2D eigenvalue weighted by Gasteiger charge is 2.40. The number of nitrogens with one attached hydrogen (secondary N) is 1. The smallest absolute Gasteiger partial charge is 0.282 e. The third kappa shape index (κ3) is 4.51. The zero-order valence-corrected chi connectivity index (χ0v) is 18.8. The maximum atomic E-state index is 13.5. The molecule has 0 aromatic heterocycles. The van der Waals surface area contributed by atoms with Gasteiger partial charge in [-0.1, -0.05) is 36.8 Å². The number of nitrogens with zero attached hydrogens (tertiary/aromatic N) is 1. The van der Waals surface area contributed by atoms with Crippen LogP contribution < -0.4 is 15.0 Å². The van der Waals surface area contributed by atoms with Gasteiger partial charge in [0.05, 0.1) is 17.9 Å². The number of rotatable bonds is 7. The highest BCUT2D eigenvalue weighted by Crippen LogP contribution is 2.35. The van der Waals surface area contributed by atoms with E-state index in [2.05, 4.69) is 5.32 Å². The molecule has 3 aromatic carbocycles. The molecule has 2 amide bonds. The van der Waals surface area contributed by atoms with Crippen LogP contribution in [-0.4, -0.2) is 18.4 Å². The molecule has 33 heavy (non-hydrogen) atoms. The lowest BCUT2D eigenvalue weighted by Gasteiger charge is -2.16. The van der Waals surface area contributed by atoms with Crippen molar-refractivity contribution in [2.45, 2.75) is 27.2 Å². The molecule has 0 atom stereocenters. The van der Waals surface area contributed by atoms with E-state index >= 15 is 0 Å². The molecule has 6 heteroatoms. The van der Waals surface area contributed by atoms with E-state index in [0.29, 0.717) is 23.6 Å². The van der Waals surface area contributed by atoms with Crippen molar-refractivity contribution >= 4 is 28.8 Å². The minimum absolute atomic E-state index is 0.179. The first-order chi connectivity index (χ1) is 15.9. The Labute approximate surface area is 192 Å². The van der Waals surface area contributed by atoms with Crippen molar-refractivity contribution in [2.75, 3.05) is 16.8 Å². The number of carbonyl (C=O) groups excluding carboxylic acids is 2. The lowest BCUT2D eigenvalue weighted by Crippen LogP contribution is -2.32. The maximum absolute atomic E-state index is 13.5. The second-order valence-electron chi connectivity index (χ2n) is 7.99. The number of hydrogen-bond donors (Lipinski definition) is 1. The Morgan fingerprint density at radius 2 is 1.61 bits per heavy atom. The second-order valence-corrected chi connectivity index (χ2v) is 7.99. The maximum Gasteiger partial charge on any atom is 0.282 e. The monoisotopic (exact) mass is 444 g/mol. The van der Waals surface area contributed by atoms with Crippen molar-refractivity contribution in [1.29, 1.82) is 0 Å². The van der Waals surface area contributed by atoms with E-state index in [1.165, 1.54) is 24.3 Å². The summed E-state index contributed by atoms with van der Waals surface area (Å²) in [4.78, 5) is 28.0. The van der Waals surface area contributed by atoms with Crippen LogP contribution in [0.1, 0.15) is 30.0 Å². The number of halogens is 1. The summed E-state index contributed by atoms with van der Waals surface area (Å²) in [5, 5.41) is 3.19. The Hall–Kier alpha value is -3.93. The van der Waals surface area contributed by atoms with E-state index < -0.39 is 17.6 Å². The third-order valence-corrected chi connectivity index (χ3v) is 5.43. The summed E-state index contributed by atoms with van der Waals surface area (Å²) in [5.41, 5.74) is 4.11. The van der Waals surface area contributed by atoms with E-state index in [4.69, 9.17) is 4.74 Å². The molecule has 0 radical (unpaired) electrons. The van der Waals surface area contributed by atoms with Gasteiger partial charge in [-0.15, -0.1) is 0 Å². The van der Waals surface area contributed by atoms with Gasteiger partial charge in [-0.3, -0.25) is 9.59 Å². The minimum Gasteiger partial charge on any atom is -0.494 e. The van der Waals surface area contributed by atoms with E-state index in [1.54, 1.807) is 24.3 Å². The number of amides is 2. The van der Waals surface area contributed by atoms with Crippen LogP contribution in [0.4, 0.5) is 15.8 Å². The van der Waals surface area contributed by atoms with Crippen LogP contribution in [-0.2, 0) is 9.59 Å². The number of ether oxygens (including phenoxy) is 1. The van der Waals surface area contributed by atoms with Gasteiger partial charge in [-0.05, 0) is 73.9 Å². The summed E-state index contributed by atoms with van der Waals surface area (Å²) in [6, 6.07) is 18.2. The summed E-state index contributed by atoms with van der Waals surface area (Å²) >= 11 is 0. The molecule has 0 spiro atoms. The Morgan fingerprint density at radius 1 is 0.909 bits per heavy atom. The highest BCUT2D eigenvalue weighted by molar-refractivity contribution is 6.46. The third-order valence-electron chi connectivity index (χ3n) is 5.43. The van der Waals surface area contributed by atoms with E-state index in [1.807, 2.05) is 39.0 Å². The fourth-order valence-electron chi connectivity index (χ4n) is 3.76. The van der Waals surface area contributed by atoms with Gasteiger partial charge in [0.15, 0.2) is 0 Å². The van der Waals surface area contributed by atoms with Crippen molar-refractivity contribution in [3.8, 4) is 5.75 Å². The number of hydrogen-bond acceptors (Lipinski definition) is 4. The molecule has 0 bridgehead atoms. The molecule has 3 aromatic rings. The lowest BCUT2D eigenvalue weighted by molar-refractivity contribution is -0.120. The molecule has 5 nitrogen and oxygen atoms in total. The first-order valence-corrected chi connectivity index (χ1v) is 10.8. The van der Waals surface area contributed by atoms with Gasteiger partial charge in [0.1, 0.15) is 17.3 Å². The topological polar surface area (TPSA) is 58.6 Å². The molecule has 1 aliphatic heterocycles. The normalized spacial score (nSPS) is 13.6. The number of anilines is 2. The Bertz CT molecular complexity index is 1230. The van der Waals surface area contributed by atoms with Gasteiger partial charge < -0.3 is 10.1 Å². The zero-order valence-electron chi connectivity index (χ0n) is 18.8. The first kappa shape index (κ1) is 22.3. The van der Waals surface area contributed by atoms with Crippen LogP contribution in [0.3, 0.4) is 0 Å². The molecule has 0 fully saturated rings. The predicted molar refractivity (Wildman–Crippen MR) is 128 cm³/mol. The van der Waals surface area contributed by atoms with Crippen LogP contribution in [0.15, 0.2) is 72.4 Å². The lowest BCUT2D eigenvalue weighted by atomic mass is 10.0. The molecule has 4 rings (SSSR count). The van der Waals surface area contributed by atoms with Gasteiger partial charge in [-0.25, -0.2) is 9.29 Å². The Balaban J connectivity index is 1.77. The van der Waals surface area contributed by atoms with Crippen LogP contribution in [0.5, 0.6) is 5.75 Å². The van der Waals surface area contributed by atoms with E-state index in [-0.39, 0.29) is 11.3 Å². The van der Waals surface area contributed by atoms with Crippen LogP contribution in [0, 0.1) is 19.7 Å². The van der Waals surface area contributed by atoms with Gasteiger partial charge in [0.25, 0.3) is 11.8 Å². The molecule has 1 aliphatic rings. The van der Waals surface area contributed by atoms with Gasteiger partial charge in [0.2, 0.25) is 0 Å². The Kier molecular flexibility index (Phi) is 6.27. The second kappa shape index (κ2) is 9.28. The summed E-state index contributed by atoms with van der Waals surface area (Å²) in [7, 11) is 0. The van der Waals surface area contributed by atoms with Gasteiger partial charge in [0, 0.05) is 5.69 Å². The minimum atomic E-state index is -0.493. The standard InChI is InChI=1S/C27H25FN2O3/c1-4-15-33-22-12-6-19(7-13-22)24-25(29-23-14-5-17(2)16-18(23)3)27(32)30(26(24)31)21-10-8-20(28)9-11-21/h5-14,16,29H,4,15H2,1-3H3. The van der Waals surface area contributed by atoms with Crippen molar-refractivity contribution < 1.29 is 18.7 Å². The number of aryl methyl sites for hydroxylation is 2. The van der Waals surface area contributed by atoms with Crippen LogP contribution >= 0.6 is 0 Å². The molecule has 0 saturated heterocycles. The summed E-state index contributed by atoms with van der Waals surface area (Å²) in [6.45, 7) is 6.55. The van der Waals surface area contributed by atoms with E-state index in [9.17, 15) is 14.0 Å². The molecule has 1 heterocycles. The molecule has 1 N–H and O–H groups in total. The number of imide groups is 1. The van der Waals surface area contributed by atoms with Crippen molar-refractivity contribution in [3.05, 3.63) is 94.9 Å². The number of benzene rings is 3. The van der Waals surface area contributed by atoms with Crippen molar-refractivity contribution in [1.82, 2.24) is 0 Å². The van der Waals surface area contributed by atoms with Crippen molar-refractivity contribution in [3.63, 3.8) is 0 Å². The van der Waals surface area contributed by atoms with Crippen molar-refractivity contribution in [2.24, 2.45) is 0 Å². The van der Waals surface area contributed by atoms with E-state index in [0.717, 1.165) is 28.1 Å². The van der Waals surface area contributed by atoms with Gasteiger partial charge in [-0.2, -0.15) is 0 Å². The molecule has 0 unspecified atom stereocenters. The van der Waals surface area contributed by atoms with Gasteiger partial charge >= 0.3 is 0 Å². The Morgan fingerprint density at radius 3 is 2.24 bits per heavy atom. The largest absolute Gasteiger partial charge is 0.494 e. The SMILES string of the molecule is CCCOc1ccc(C2=C(Nc3ccc(C)cc3C)C(=O)N(c3ccc(F)cc3)C2=O)cc1. The summed E-state index contributed by atoms with van der Waals surface area (Å²) in [5.74, 6) is -0.714. The number of carbonyl (C=O) groups is 2. The predicted octanol–water partition coefficient (Wildman–Crippen LogP) is 5.63. The average molecular weight is 445 g/mol. The fraction of sp³-hybridized carbons (Fsp3) is 0.185. The van der Waals surface area contributed by atoms with Crippen LogP contribution in [0.25, 0.3) is 5.57 Å². The van der Waals surface area contributed by atoms with Crippen LogP contribution in [0.2, 0.25) is 0 Å². The molecule has 168 valence electrons. The highest BCUT2D eigenvalue weighted by atomic mass is 19.1. The average Bonchev–Trinajstić information content (AvgIpc) is 3.04. The molecule has 0 saturated carbocycles. The zero-order chi connectivity index (χ0) is 23.5. The summed E-state index contributed by atoms with van der Waals surface area (Å²) < 4.78 is 19.1. The molecular weight excluding hydrogens is 419 g/mol. The first-order valence-electron chi connectivity index (χ1n) is 10.8. The fourth-order valence-corrected chi connectivity index (χ4v) is 3.76. The quantitative estimate of drug-likeness (QED) is 0.480.